The van der Waals surface area contributed by atoms with Gasteiger partial charge in [0.15, 0.2) is 11.5 Å². The molecule has 1 aromatic carbocycles. The fourth-order valence-electron chi connectivity index (χ4n) is 1.37. The minimum Gasteiger partial charge on any atom is -0.504 e. The van der Waals surface area contributed by atoms with Crippen LogP contribution in [-0.4, -0.2) is 21.3 Å². The molecule has 0 aliphatic rings. The van der Waals surface area contributed by atoms with Crippen LogP contribution >= 0.6 is 0 Å². The molecule has 0 saturated carbocycles. The number of aromatic hydroxyl groups is 2. The highest BCUT2D eigenvalue weighted by molar-refractivity contribution is 5.76. The first-order valence-corrected chi connectivity index (χ1v) is 4.36. The normalized spacial score (nSPS) is 12.5. The van der Waals surface area contributed by atoms with Gasteiger partial charge >= 0.3 is 5.97 Å². The molecule has 0 aromatic heterocycles. The number of carbonyl (C=O) groups is 1. The van der Waals surface area contributed by atoms with Crippen LogP contribution in [0.5, 0.6) is 11.5 Å². The Morgan fingerprint density at radius 3 is 2.33 bits per heavy atom. The molecule has 0 heterocycles. The van der Waals surface area contributed by atoms with E-state index in [1.165, 1.54) is 6.07 Å². The van der Waals surface area contributed by atoms with Gasteiger partial charge in [0.05, 0.1) is 0 Å². The second kappa shape index (κ2) is 3.78. The average Bonchev–Trinajstić information content (AvgIpc) is 2.19. The molecule has 82 valence electrons. The van der Waals surface area contributed by atoms with Gasteiger partial charge in [0.25, 0.3) is 0 Å². The van der Waals surface area contributed by atoms with Crippen molar-refractivity contribution in [2.24, 2.45) is 5.73 Å². The van der Waals surface area contributed by atoms with E-state index in [1.807, 2.05) is 0 Å². The van der Waals surface area contributed by atoms with E-state index in [4.69, 9.17) is 10.8 Å². The number of phenols is 2. The van der Waals surface area contributed by atoms with Gasteiger partial charge in [0, 0.05) is 0 Å². The number of benzene rings is 1. The highest BCUT2D eigenvalue weighted by Crippen LogP contribution is 2.34. The lowest BCUT2D eigenvalue weighted by molar-refractivity contribution is -0.138. The van der Waals surface area contributed by atoms with Crippen molar-refractivity contribution in [3.05, 3.63) is 22.8 Å². The lowest BCUT2D eigenvalue weighted by atomic mass is 9.96. The molecule has 0 spiro atoms. The molecular weight excluding hydrogens is 198 g/mol. The van der Waals surface area contributed by atoms with Gasteiger partial charge in [-0.3, -0.25) is 4.79 Å². The molecule has 0 bridgehead atoms. The van der Waals surface area contributed by atoms with E-state index >= 15 is 0 Å². The number of carboxylic acid groups (broad SMARTS) is 1. The number of hydrogen-bond donors (Lipinski definition) is 4. The maximum atomic E-state index is 10.7. The summed E-state index contributed by atoms with van der Waals surface area (Å²) >= 11 is 0. The van der Waals surface area contributed by atoms with E-state index in [0.29, 0.717) is 16.7 Å². The number of aliphatic carboxylic acids is 1. The number of phenolic OH excluding ortho intramolecular Hbond substituents is 2. The molecule has 5 heteroatoms. The van der Waals surface area contributed by atoms with Crippen molar-refractivity contribution in [3.63, 3.8) is 0 Å². The molecule has 0 aliphatic heterocycles. The lowest BCUT2D eigenvalue weighted by Crippen LogP contribution is -2.21. The first-order valence-electron chi connectivity index (χ1n) is 4.36. The average molecular weight is 211 g/mol. The third-order valence-electron chi connectivity index (χ3n) is 2.49. The summed E-state index contributed by atoms with van der Waals surface area (Å²) in [5, 5.41) is 27.5. The zero-order valence-electron chi connectivity index (χ0n) is 8.48. The molecule has 0 saturated heterocycles. The van der Waals surface area contributed by atoms with Gasteiger partial charge in [-0.25, -0.2) is 0 Å². The van der Waals surface area contributed by atoms with Crippen LogP contribution in [0.2, 0.25) is 0 Å². The first-order chi connectivity index (χ1) is 6.86. The van der Waals surface area contributed by atoms with Gasteiger partial charge < -0.3 is 21.1 Å². The van der Waals surface area contributed by atoms with Crippen molar-refractivity contribution < 1.29 is 20.1 Å². The molecule has 15 heavy (non-hydrogen) atoms. The first kappa shape index (κ1) is 11.3. The Labute approximate surface area is 86.8 Å². The standard InChI is InChI=1S/C10H13NO4/c1-4-5(2)9(13)7(12)3-6(4)8(11)10(14)15/h3,8,12-13H,11H2,1-2H3,(H,14,15). The second-order valence-electron chi connectivity index (χ2n) is 3.40. The van der Waals surface area contributed by atoms with Gasteiger partial charge in [-0.05, 0) is 36.6 Å². The van der Waals surface area contributed by atoms with Crippen LogP contribution in [0.3, 0.4) is 0 Å². The predicted molar refractivity (Wildman–Crippen MR) is 53.8 cm³/mol. The number of rotatable bonds is 2. The van der Waals surface area contributed by atoms with Crippen molar-refractivity contribution >= 4 is 5.97 Å². The summed E-state index contributed by atoms with van der Waals surface area (Å²) in [7, 11) is 0. The second-order valence-corrected chi connectivity index (χ2v) is 3.40. The lowest BCUT2D eigenvalue weighted by Gasteiger charge is -2.14. The van der Waals surface area contributed by atoms with E-state index in [2.05, 4.69) is 0 Å². The highest BCUT2D eigenvalue weighted by Gasteiger charge is 2.20. The van der Waals surface area contributed by atoms with E-state index in [0.717, 1.165) is 0 Å². The molecule has 0 radical (unpaired) electrons. The molecule has 0 aliphatic carbocycles. The van der Waals surface area contributed by atoms with Gasteiger partial charge in [-0.1, -0.05) is 0 Å². The SMILES string of the molecule is Cc1c(C(N)C(=O)O)cc(O)c(O)c1C. The van der Waals surface area contributed by atoms with E-state index in [1.54, 1.807) is 13.8 Å². The molecule has 0 fully saturated rings. The summed E-state index contributed by atoms with van der Waals surface area (Å²) in [4.78, 5) is 10.7. The molecule has 1 rings (SSSR count). The maximum Gasteiger partial charge on any atom is 0.325 e. The van der Waals surface area contributed by atoms with Crippen molar-refractivity contribution in [2.75, 3.05) is 0 Å². The van der Waals surface area contributed by atoms with Crippen molar-refractivity contribution in [1.29, 1.82) is 0 Å². The monoisotopic (exact) mass is 211 g/mol. The van der Waals surface area contributed by atoms with Gasteiger partial charge in [0.2, 0.25) is 0 Å². The number of nitrogens with two attached hydrogens (primary N) is 1. The van der Waals surface area contributed by atoms with Gasteiger partial charge in [0.1, 0.15) is 6.04 Å². The zero-order chi connectivity index (χ0) is 11.7. The zero-order valence-corrected chi connectivity index (χ0v) is 8.48. The molecule has 5 N–H and O–H groups in total. The van der Waals surface area contributed by atoms with E-state index < -0.39 is 12.0 Å². The third-order valence-corrected chi connectivity index (χ3v) is 2.49. The van der Waals surface area contributed by atoms with Crippen LogP contribution in [0, 0.1) is 13.8 Å². The van der Waals surface area contributed by atoms with Crippen molar-refractivity contribution in [2.45, 2.75) is 19.9 Å². The van der Waals surface area contributed by atoms with Crippen molar-refractivity contribution in [1.82, 2.24) is 0 Å². The summed E-state index contributed by atoms with van der Waals surface area (Å²) in [6.45, 7) is 3.23. The Balaban J connectivity index is 3.38. The molecule has 5 nitrogen and oxygen atoms in total. The third kappa shape index (κ3) is 1.87. The molecule has 1 atom stereocenters. The summed E-state index contributed by atoms with van der Waals surface area (Å²) < 4.78 is 0. The fraction of sp³-hybridized carbons (Fsp3) is 0.300. The maximum absolute atomic E-state index is 10.7. The summed E-state index contributed by atoms with van der Waals surface area (Å²) in [6, 6.07) is -0.0219. The smallest absolute Gasteiger partial charge is 0.325 e. The summed E-state index contributed by atoms with van der Waals surface area (Å²) in [6.07, 6.45) is 0. The van der Waals surface area contributed by atoms with Gasteiger partial charge in [-0.15, -0.1) is 0 Å². The van der Waals surface area contributed by atoms with Crippen LogP contribution in [0.25, 0.3) is 0 Å². The Morgan fingerprint density at radius 1 is 1.33 bits per heavy atom. The topological polar surface area (TPSA) is 104 Å². The minimum atomic E-state index is -1.20. The van der Waals surface area contributed by atoms with Gasteiger partial charge in [-0.2, -0.15) is 0 Å². The molecule has 1 unspecified atom stereocenters. The Bertz CT molecular complexity index is 414. The quantitative estimate of drug-likeness (QED) is 0.542. The van der Waals surface area contributed by atoms with Crippen LogP contribution in [0.15, 0.2) is 6.07 Å². The highest BCUT2D eigenvalue weighted by atomic mass is 16.4. The largest absolute Gasteiger partial charge is 0.504 e. The van der Waals surface area contributed by atoms with Crippen LogP contribution < -0.4 is 5.73 Å². The van der Waals surface area contributed by atoms with E-state index in [-0.39, 0.29) is 11.5 Å². The van der Waals surface area contributed by atoms with Crippen LogP contribution in [0.4, 0.5) is 0 Å². The van der Waals surface area contributed by atoms with Crippen LogP contribution in [-0.2, 0) is 4.79 Å². The van der Waals surface area contributed by atoms with E-state index in [9.17, 15) is 15.0 Å². The molecule has 0 amide bonds. The minimum absolute atomic E-state index is 0.242. The molecular formula is C10H13NO4. The van der Waals surface area contributed by atoms with Crippen LogP contribution in [0.1, 0.15) is 22.7 Å². The summed E-state index contributed by atoms with van der Waals surface area (Å²) in [5.74, 6) is -1.78. The Hall–Kier alpha value is -1.75. The Morgan fingerprint density at radius 2 is 1.87 bits per heavy atom. The summed E-state index contributed by atoms with van der Waals surface area (Å²) in [5.41, 5.74) is 6.74. The molecule has 1 aromatic rings. The number of carboxylic acids is 1. The van der Waals surface area contributed by atoms with Crippen molar-refractivity contribution in [3.8, 4) is 11.5 Å². The number of hydrogen-bond acceptors (Lipinski definition) is 4. The predicted octanol–water partition coefficient (Wildman–Crippen LogP) is 0.799. The fourth-order valence-corrected chi connectivity index (χ4v) is 1.37. The Kier molecular flexibility index (Phi) is 2.85.